The molecular formula is C44H96O4. The van der Waals surface area contributed by atoms with Crippen LogP contribution in [0.5, 0.6) is 0 Å². The van der Waals surface area contributed by atoms with Gasteiger partial charge >= 0.3 is 0 Å². The molecule has 296 valence electrons. The second-order valence-corrected chi connectivity index (χ2v) is 15.7. The minimum absolute atomic E-state index is 0.0110. The molecule has 48 heavy (non-hydrogen) atoms. The highest BCUT2D eigenvalue weighted by Crippen LogP contribution is 2.36. The van der Waals surface area contributed by atoms with Crippen LogP contribution in [0.15, 0.2) is 0 Å². The summed E-state index contributed by atoms with van der Waals surface area (Å²) in [6.45, 7) is 35.0. The predicted molar refractivity (Wildman–Crippen MR) is 217 cm³/mol. The van der Waals surface area contributed by atoms with Crippen LogP contribution >= 0.6 is 0 Å². The zero-order valence-electron chi connectivity index (χ0n) is 36.2. The predicted octanol–water partition coefficient (Wildman–Crippen LogP) is 13.4. The Balaban J connectivity index is -0.000000251. The van der Waals surface area contributed by atoms with Crippen molar-refractivity contribution in [3.05, 3.63) is 0 Å². The van der Waals surface area contributed by atoms with E-state index in [1.165, 1.54) is 89.9 Å². The molecule has 4 nitrogen and oxygen atoms in total. The van der Waals surface area contributed by atoms with Gasteiger partial charge in [0.15, 0.2) is 0 Å². The number of rotatable bonds is 8. The summed E-state index contributed by atoms with van der Waals surface area (Å²) in [5.74, 6) is 4.36. The molecule has 1 aliphatic heterocycles. The fraction of sp³-hybridized carbons (Fsp3) is 1.00. The number of aliphatic hydroxyl groups excluding tert-OH is 2. The lowest BCUT2D eigenvalue weighted by Gasteiger charge is -2.37. The lowest BCUT2D eigenvalue weighted by molar-refractivity contribution is -0.0365. The van der Waals surface area contributed by atoms with Crippen molar-refractivity contribution in [1.82, 2.24) is 0 Å². The number of ether oxygens (including phenoxy) is 1. The fourth-order valence-electron chi connectivity index (χ4n) is 6.43. The van der Waals surface area contributed by atoms with Crippen molar-refractivity contribution >= 4 is 0 Å². The molecule has 2 aliphatic carbocycles. The van der Waals surface area contributed by atoms with Gasteiger partial charge in [-0.15, -0.1) is 0 Å². The Hall–Kier alpha value is -0.160. The van der Waals surface area contributed by atoms with E-state index in [9.17, 15) is 10.2 Å². The summed E-state index contributed by atoms with van der Waals surface area (Å²) in [6.07, 6.45) is 21.1. The topological polar surface area (TPSA) is 69.9 Å². The molecule has 10 atom stereocenters. The van der Waals surface area contributed by atoms with Crippen molar-refractivity contribution in [1.29, 1.82) is 0 Å². The molecule has 3 rings (SSSR count). The normalized spacial score (nSPS) is 30.4. The minimum atomic E-state index is -0.382. The molecule has 0 aromatic carbocycles. The van der Waals surface area contributed by atoms with Crippen molar-refractivity contribution in [2.45, 2.75) is 244 Å². The van der Waals surface area contributed by atoms with Crippen molar-refractivity contribution in [3.8, 4) is 0 Å². The summed E-state index contributed by atoms with van der Waals surface area (Å²) in [7, 11) is 0. The van der Waals surface area contributed by atoms with Gasteiger partial charge in [-0.2, -0.15) is 0 Å². The second-order valence-electron chi connectivity index (χ2n) is 15.7. The van der Waals surface area contributed by atoms with E-state index in [4.69, 9.17) is 9.84 Å². The molecule has 0 aromatic rings. The average molecular weight is 689 g/mol. The smallest absolute Gasteiger partial charge is 0.0645 e. The molecule has 2 saturated carbocycles. The first-order valence-electron chi connectivity index (χ1n) is 21.3. The Morgan fingerprint density at radius 2 is 1.31 bits per heavy atom. The van der Waals surface area contributed by atoms with Gasteiger partial charge in [-0.05, 0) is 120 Å². The molecule has 0 aromatic heterocycles. The Labute approximate surface area is 305 Å². The minimum Gasteiger partial charge on any atom is -0.393 e. The van der Waals surface area contributed by atoms with Gasteiger partial charge in [0.2, 0.25) is 0 Å². The van der Waals surface area contributed by atoms with Crippen LogP contribution in [0.25, 0.3) is 0 Å². The summed E-state index contributed by atoms with van der Waals surface area (Å²) < 4.78 is 5.39. The molecule has 3 aliphatic rings. The van der Waals surface area contributed by atoms with Gasteiger partial charge in [0.05, 0.1) is 23.9 Å². The van der Waals surface area contributed by atoms with Crippen molar-refractivity contribution < 1.29 is 20.1 Å². The van der Waals surface area contributed by atoms with Crippen LogP contribution in [0, 0.1) is 35.5 Å². The first kappa shape index (κ1) is 54.6. The molecule has 1 heterocycles. The molecule has 10 unspecified atom stereocenters. The highest BCUT2D eigenvalue weighted by molar-refractivity contribution is 4.85. The van der Waals surface area contributed by atoms with Crippen LogP contribution in [0.1, 0.15) is 220 Å². The molecule has 0 spiro atoms. The van der Waals surface area contributed by atoms with Crippen molar-refractivity contribution in [2.75, 3.05) is 6.61 Å². The van der Waals surface area contributed by atoms with Gasteiger partial charge in [0.1, 0.15) is 0 Å². The van der Waals surface area contributed by atoms with Gasteiger partial charge < -0.3 is 20.1 Å². The highest BCUT2D eigenvalue weighted by Gasteiger charge is 2.33. The third-order valence-electron chi connectivity index (χ3n) is 10.1. The lowest BCUT2D eigenvalue weighted by Crippen LogP contribution is -2.37. The molecule has 4 heteroatoms. The maximum atomic E-state index is 9.76. The van der Waals surface area contributed by atoms with E-state index < -0.39 is 0 Å². The summed E-state index contributed by atoms with van der Waals surface area (Å²) in [6, 6.07) is 0. The Morgan fingerprint density at radius 1 is 0.750 bits per heavy atom. The first-order valence-corrected chi connectivity index (χ1v) is 21.3. The van der Waals surface area contributed by atoms with Gasteiger partial charge in [0, 0.05) is 6.61 Å². The van der Waals surface area contributed by atoms with Gasteiger partial charge in [-0.1, -0.05) is 135 Å². The van der Waals surface area contributed by atoms with E-state index in [0.717, 1.165) is 49.5 Å². The first-order chi connectivity index (χ1) is 22.6. The van der Waals surface area contributed by atoms with Gasteiger partial charge in [0.25, 0.3) is 0 Å². The fourth-order valence-corrected chi connectivity index (χ4v) is 6.43. The van der Waals surface area contributed by atoms with Crippen molar-refractivity contribution in [3.63, 3.8) is 0 Å². The number of hydrogen-bond donors (Lipinski definition) is 3. The summed E-state index contributed by atoms with van der Waals surface area (Å²) in [4.78, 5) is 0. The molecule has 1 saturated heterocycles. The van der Waals surface area contributed by atoms with Gasteiger partial charge in [-0.25, -0.2) is 0 Å². The molecular weight excluding hydrogens is 592 g/mol. The summed E-state index contributed by atoms with van der Waals surface area (Å²) in [5.41, 5.74) is -0.382. The monoisotopic (exact) mass is 689 g/mol. The van der Waals surface area contributed by atoms with E-state index in [-0.39, 0.29) is 17.8 Å². The third kappa shape index (κ3) is 33.0. The largest absolute Gasteiger partial charge is 0.393 e. The van der Waals surface area contributed by atoms with Gasteiger partial charge in [-0.3, -0.25) is 0 Å². The van der Waals surface area contributed by atoms with Crippen molar-refractivity contribution in [2.24, 2.45) is 35.5 Å². The zero-order valence-corrected chi connectivity index (χ0v) is 36.2. The van der Waals surface area contributed by atoms with Crippen LogP contribution in [0.2, 0.25) is 0 Å². The quantitative estimate of drug-likeness (QED) is 0.237. The van der Waals surface area contributed by atoms with E-state index in [1.807, 2.05) is 27.7 Å². The van der Waals surface area contributed by atoms with Crippen LogP contribution in [-0.4, -0.2) is 45.8 Å². The molecule has 0 bridgehead atoms. The number of hydrogen-bond acceptors (Lipinski definition) is 4. The maximum absolute atomic E-state index is 9.76. The second kappa shape index (κ2) is 36.6. The molecule has 3 N–H and O–H groups in total. The van der Waals surface area contributed by atoms with E-state index >= 15 is 0 Å². The molecule has 0 radical (unpaired) electrons. The summed E-state index contributed by atoms with van der Waals surface area (Å²) in [5, 5.41) is 28.3. The average Bonchev–Trinajstić information content (AvgIpc) is 3.04. The van der Waals surface area contributed by atoms with Crippen LogP contribution in [0.4, 0.5) is 0 Å². The van der Waals surface area contributed by atoms with Crippen LogP contribution in [0.3, 0.4) is 0 Å². The Kier molecular flexibility index (Phi) is 41.7. The number of aliphatic hydroxyl groups is 3. The van der Waals surface area contributed by atoms with Crippen LogP contribution in [-0.2, 0) is 4.74 Å². The van der Waals surface area contributed by atoms with E-state index in [0.29, 0.717) is 17.9 Å². The van der Waals surface area contributed by atoms with E-state index in [2.05, 4.69) is 83.1 Å². The standard InChI is InChI=1S/C10H20O.C10H22O.C9H18O.C7H14O.2C3H8.C2H6/c1-3-4-9-5-6-10(11)8(2)7-9;1-4-6-10(5-2)8-7-9(3)11;1-7-4-5-9(3,10)8(2)6-7;1-6-4-3-5-8-7(6)2;2*1-3-2;1-2/h8-11H,3-7H2,1-2H3;9-11H,4-8H2,1-3H3;7-8,10H,4-6H2,1-3H3;6-7H,3-5H2,1-2H3;2*3H2,1-2H3;1-2H3. The summed E-state index contributed by atoms with van der Waals surface area (Å²) >= 11 is 0. The Morgan fingerprint density at radius 3 is 1.67 bits per heavy atom. The molecule has 3 fully saturated rings. The maximum Gasteiger partial charge on any atom is 0.0645 e. The zero-order chi connectivity index (χ0) is 38.1. The third-order valence-corrected chi connectivity index (χ3v) is 10.1. The van der Waals surface area contributed by atoms with Crippen LogP contribution < -0.4 is 0 Å². The highest BCUT2D eigenvalue weighted by atomic mass is 16.5. The van der Waals surface area contributed by atoms with E-state index in [1.54, 1.807) is 0 Å². The Bertz CT molecular complexity index is 595. The lowest BCUT2D eigenvalue weighted by atomic mass is 9.73. The molecule has 0 amide bonds. The SMILES string of the molecule is CC.CC1CCC(C)(O)C(C)C1.CC1CCCOC1C.CCC.CCC.CCCC(CC)CCC(C)O.CCCC1CCC(O)C(C)C1.